The fraction of sp³-hybridized carbons (Fsp3) is 0.636. The highest BCUT2D eigenvalue weighted by Crippen LogP contribution is 2.27. The van der Waals surface area contributed by atoms with Crippen molar-refractivity contribution in [3.8, 4) is 0 Å². The lowest BCUT2D eigenvalue weighted by molar-refractivity contribution is -0.141. The van der Waals surface area contributed by atoms with E-state index in [9.17, 15) is 13.2 Å². The molecule has 6 heteroatoms. The van der Waals surface area contributed by atoms with Crippen LogP contribution in [0.15, 0.2) is 12.1 Å². The van der Waals surface area contributed by atoms with Crippen LogP contribution in [0.25, 0.3) is 0 Å². The first-order valence-corrected chi connectivity index (χ1v) is 5.52. The largest absolute Gasteiger partial charge is 0.435 e. The van der Waals surface area contributed by atoms with Crippen LogP contribution in [-0.4, -0.2) is 16.2 Å². The van der Waals surface area contributed by atoms with E-state index in [1.165, 1.54) is 6.07 Å². The van der Waals surface area contributed by atoms with Gasteiger partial charge in [0.25, 0.3) is 0 Å². The van der Waals surface area contributed by atoms with Crippen LogP contribution in [0.5, 0.6) is 0 Å². The predicted molar refractivity (Wildman–Crippen MR) is 59.6 cm³/mol. The summed E-state index contributed by atoms with van der Waals surface area (Å²) in [4.78, 5) is 0. The molecule has 1 unspecified atom stereocenters. The molecule has 3 nitrogen and oxygen atoms in total. The van der Waals surface area contributed by atoms with Crippen molar-refractivity contribution < 1.29 is 13.2 Å². The van der Waals surface area contributed by atoms with Crippen molar-refractivity contribution in [1.82, 2.24) is 10.2 Å². The molecule has 96 valence electrons. The summed E-state index contributed by atoms with van der Waals surface area (Å²) >= 11 is 0. The number of hydrogen-bond donors (Lipinski definition) is 1. The molecule has 0 bridgehead atoms. The lowest BCUT2D eigenvalue weighted by atomic mass is 10.0. The Balaban J connectivity index is 2.75. The first kappa shape index (κ1) is 13.7. The molecule has 1 N–H and O–H groups in total. The molecule has 0 aromatic carbocycles. The molecule has 0 radical (unpaired) electrons. The summed E-state index contributed by atoms with van der Waals surface area (Å²) in [6.07, 6.45) is -3.56. The first-order valence-electron chi connectivity index (χ1n) is 5.52. The Bertz CT molecular complexity index is 346. The van der Waals surface area contributed by atoms with Gasteiger partial charge in [-0.15, -0.1) is 10.2 Å². The molecule has 0 saturated heterocycles. The van der Waals surface area contributed by atoms with Crippen molar-refractivity contribution >= 4 is 5.82 Å². The van der Waals surface area contributed by atoms with E-state index in [1.807, 2.05) is 20.8 Å². The summed E-state index contributed by atoms with van der Waals surface area (Å²) < 4.78 is 36.8. The van der Waals surface area contributed by atoms with Crippen LogP contribution in [0.4, 0.5) is 19.0 Å². The third-order valence-corrected chi connectivity index (χ3v) is 2.53. The number of nitrogens with one attached hydrogen (secondary N) is 1. The molecule has 17 heavy (non-hydrogen) atoms. The van der Waals surface area contributed by atoms with Crippen molar-refractivity contribution in [3.05, 3.63) is 17.8 Å². The van der Waals surface area contributed by atoms with Gasteiger partial charge in [-0.2, -0.15) is 13.2 Å². The van der Waals surface area contributed by atoms with Crippen LogP contribution in [0, 0.1) is 5.92 Å². The average Bonchev–Trinajstić information content (AvgIpc) is 2.25. The van der Waals surface area contributed by atoms with Crippen LogP contribution >= 0.6 is 0 Å². The molecule has 1 atom stereocenters. The molecule has 0 fully saturated rings. The van der Waals surface area contributed by atoms with Crippen molar-refractivity contribution in [2.24, 2.45) is 5.92 Å². The van der Waals surface area contributed by atoms with Gasteiger partial charge in [-0.3, -0.25) is 0 Å². The van der Waals surface area contributed by atoms with Gasteiger partial charge in [-0.1, -0.05) is 20.8 Å². The van der Waals surface area contributed by atoms with Gasteiger partial charge in [0, 0.05) is 6.04 Å². The maximum Gasteiger partial charge on any atom is 0.435 e. The predicted octanol–water partition coefficient (Wildman–Crippen LogP) is 3.34. The highest BCUT2D eigenvalue weighted by Gasteiger charge is 2.32. The number of nitrogens with zero attached hydrogens (tertiary/aromatic N) is 2. The Morgan fingerprint density at radius 2 is 1.88 bits per heavy atom. The molecule has 0 aliphatic carbocycles. The smallest absolute Gasteiger partial charge is 0.366 e. The zero-order valence-corrected chi connectivity index (χ0v) is 10.0. The summed E-state index contributed by atoms with van der Waals surface area (Å²) in [7, 11) is 0. The molecule has 1 heterocycles. The number of anilines is 1. The third-order valence-electron chi connectivity index (χ3n) is 2.53. The van der Waals surface area contributed by atoms with Crippen LogP contribution in [0.2, 0.25) is 0 Å². The highest BCUT2D eigenvalue weighted by molar-refractivity contribution is 5.34. The highest BCUT2D eigenvalue weighted by atomic mass is 19.4. The summed E-state index contributed by atoms with van der Waals surface area (Å²) in [6.45, 7) is 6.09. The fourth-order valence-corrected chi connectivity index (χ4v) is 1.49. The summed E-state index contributed by atoms with van der Waals surface area (Å²) in [5, 5.41) is 9.76. The van der Waals surface area contributed by atoms with Gasteiger partial charge in [0.1, 0.15) is 5.82 Å². The normalized spacial score (nSPS) is 13.8. The van der Waals surface area contributed by atoms with Crippen molar-refractivity contribution in [1.29, 1.82) is 0 Å². The van der Waals surface area contributed by atoms with Crippen LogP contribution in [-0.2, 0) is 6.18 Å². The number of hydrogen-bond acceptors (Lipinski definition) is 3. The molecular weight excluding hydrogens is 231 g/mol. The van der Waals surface area contributed by atoms with Crippen molar-refractivity contribution in [2.75, 3.05) is 5.32 Å². The summed E-state index contributed by atoms with van der Waals surface area (Å²) in [5.74, 6) is 0.752. The van der Waals surface area contributed by atoms with E-state index in [0.29, 0.717) is 11.7 Å². The van der Waals surface area contributed by atoms with E-state index in [0.717, 1.165) is 12.5 Å². The minimum Gasteiger partial charge on any atom is -0.366 e. The third kappa shape index (κ3) is 3.87. The zero-order chi connectivity index (χ0) is 13.1. The molecule has 0 amide bonds. The standard InChI is InChI=1S/C11H16F3N3/c1-4-8(7(2)3)15-10-6-5-9(16-17-10)11(12,13)14/h5-8H,4H2,1-3H3,(H,15,17). The molecule has 1 rings (SSSR count). The van der Waals surface area contributed by atoms with Gasteiger partial charge in [0.05, 0.1) is 0 Å². The number of halogens is 3. The number of aromatic nitrogens is 2. The van der Waals surface area contributed by atoms with E-state index in [4.69, 9.17) is 0 Å². The van der Waals surface area contributed by atoms with E-state index >= 15 is 0 Å². The maximum atomic E-state index is 12.3. The van der Waals surface area contributed by atoms with E-state index in [1.54, 1.807) is 0 Å². The molecule has 0 aliphatic rings. The molecule has 1 aromatic heterocycles. The lowest BCUT2D eigenvalue weighted by Crippen LogP contribution is -2.25. The van der Waals surface area contributed by atoms with Crippen LogP contribution in [0.3, 0.4) is 0 Å². The Labute approximate surface area is 98.4 Å². The average molecular weight is 247 g/mol. The monoisotopic (exact) mass is 247 g/mol. The van der Waals surface area contributed by atoms with E-state index in [2.05, 4.69) is 15.5 Å². The SMILES string of the molecule is CCC(Nc1ccc(C(F)(F)F)nn1)C(C)C. The topological polar surface area (TPSA) is 37.8 Å². The zero-order valence-electron chi connectivity index (χ0n) is 10.0. The summed E-state index contributed by atoms with van der Waals surface area (Å²) in [5.41, 5.74) is -0.972. The van der Waals surface area contributed by atoms with Crippen molar-refractivity contribution in [2.45, 2.75) is 39.4 Å². The Hall–Kier alpha value is -1.33. The second kappa shape index (κ2) is 5.33. The lowest BCUT2D eigenvalue weighted by Gasteiger charge is -2.20. The van der Waals surface area contributed by atoms with Gasteiger partial charge in [0.2, 0.25) is 0 Å². The second-order valence-electron chi connectivity index (χ2n) is 4.20. The van der Waals surface area contributed by atoms with E-state index in [-0.39, 0.29) is 6.04 Å². The maximum absolute atomic E-state index is 12.3. The quantitative estimate of drug-likeness (QED) is 0.886. The Kier molecular flexibility index (Phi) is 4.31. The van der Waals surface area contributed by atoms with Crippen molar-refractivity contribution in [3.63, 3.8) is 0 Å². The van der Waals surface area contributed by atoms with Gasteiger partial charge in [-0.05, 0) is 24.5 Å². The summed E-state index contributed by atoms with van der Waals surface area (Å²) in [6, 6.07) is 2.42. The molecule has 0 aliphatic heterocycles. The first-order chi connectivity index (χ1) is 7.84. The minimum absolute atomic E-state index is 0.182. The fourth-order valence-electron chi connectivity index (χ4n) is 1.49. The Morgan fingerprint density at radius 3 is 2.24 bits per heavy atom. The molecule has 0 saturated carbocycles. The molecule has 1 aromatic rings. The number of alkyl halides is 3. The van der Waals surface area contributed by atoms with Crippen LogP contribution < -0.4 is 5.32 Å². The van der Waals surface area contributed by atoms with Gasteiger partial charge < -0.3 is 5.32 Å². The Morgan fingerprint density at radius 1 is 1.24 bits per heavy atom. The van der Waals surface area contributed by atoms with Gasteiger partial charge >= 0.3 is 6.18 Å². The van der Waals surface area contributed by atoms with Crippen LogP contribution in [0.1, 0.15) is 32.9 Å². The van der Waals surface area contributed by atoms with E-state index < -0.39 is 11.9 Å². The van der Waals surface area contributed by atoms with Gasteiger partial charge in [-0.25, -0.2) is 0 Å². The second-order valence-corrected chi connectivity index (χ2v) is 4.20. The number of rotatable bonds is 4. The molecular formula is C11H16F3N3. The minimum atomic E-state index is -4.44. The van der Waals surface area contributed by atoms with Gasteiger partial charge in [0.15, 0.2) is 5.69 Å². The molecule has 0 spiro atoms.